The number of nitrogens with zero attached hydrogens (tertiary/aromatic N) is 1. The van der Waals surface area contributed by atoms with Gasteiger partial charge in [0, 0.05) is 6.54 Å². The van der Waals surface area contributed by atoms with Gasteiger partial charge >= 0.3 is 5.97 Å². The van der Waals surface area contributed by atoms with Crippen molar-refractivity contribution in [1.82, 2.24) is 0 Å². The summed E-state index contributed by atoms with van der Waals surface area (Å²) in [7, 11) is 0. The first kappa shape index (κ1) is 12.4. The summed E-state index contributed by atoms with van der Waals surface area (Å²) < 4.78 is 5.11. The van der Waals surface area contributed by atoms with E-state index in [4.69, 9.17) is 4.74 Å². The second-order valence-electron chi connectivity index (χ2n) is 3.33. The molecule has 1 aromatic carbocycles. The third-order valence-corrected chi connectivity index (χ3v) is 2.03. The van der Waals surface area contributed by atoms with Crippen molar-refractivity contribution in [2.75, 3.05) is 13.2 Å². The summed E-state index contributed by atoms with van der Waals surface area (Å²) in [4.78, 5) is 15.6. The zero-order chi connectivity index (χ0) is 11.6. The van der Waals surface area contributed by atoms with Gasteiger partial charge in [0.1, 0.15) is 0 Å². The van der Waals surface area contributed by atoms with Crippen molar-refractivity contribution >= 4 is 12.2 Å². The number of hydrogen-bond donors (Lipinski definition) is 0. The quantitative estimate of drug-likeness (QED) is 0.419. The van der Waals surface area contributed by atoms with E-state index in [1.165, 1.54) is 0 Å². The third-order valence-electron chi connectivity index (χ3n) is 2.03. The number of benzene rings is 1. The van der Waals surface area contributed by atoms with Gasteiger partial charge in [-0.1, -0.05) is 18.2 Å². The first-order valence-electron chi connectivity index (χ1n) is 5.55. The molecule has 0 spiro atoms. The van der Waals surface area contributed by atoms with Crippen LogP contribution in [0.3, 0.4) is 0 Å². The van der Waals surface area contributed by atoms with Crippen LogP contribution in [0.1, 0.15) is 30.1 Å². The normalized spacial score (nSPS) is 10.6. The average molecular weight is 219 g/mol. The first-order chi connectivity index (χ1) is 7.84. The Hall–Kier alpha value is -1.64. The van der Waals surface area contributed by atoms with Gasteiger partial charge in [-0.15, -0.1) is 0 Å². The van der Waals surface area contributed by atoms with Gasteiger partial charge in [-0.2, -0.15) is 0 Å². The molecule has 86 valence electrons. The molecule has 0 bridgehead atoms. The number of aliphatic imine (C=N–C) groups is 1. The second kappa shape index (κ2) is 7.63. The van der Waals surface area contributed by atoms with Crippen LogP contribution in [-0.4, -0.2) is 25.3 Å². The lowest BCUT2D eigenvalue weighted by Crippen LogP contribution is -2.06. The van der Waals surface area contributed by atoms with Gasteiger partial charge < -0.3 is 4.74 Å². The average Bonchev–Trinajstić information content (AvgIpc) is 2.34. The predicted octanol–water partition coefficient (Wildman–Crippen LogP) is 2.71. The van der Waals surface area contributed by atoms with Gasteiger partial charge in [0.05, 0.1) is 12.2 Å². The summed E-state index contributed by atoms with van der Waals surface area (Å²) >= 11 is 0. The minimum atomic E-state index is -0.256. The smallest absolute Gasteiger partial charge is 0.338 e. The van der Waals surface area contributed by atoms with Gasteiger partial charge in [0.2, 0.25) is 0 Å². The minimum Gasteiger partial charge on any atom is -0.462 e. The molecule has 0 radical (unpaired) electrons. The molecular formula is C13H17NO2. The third kappa shape index (κ3) is 4.73. The Balaban J connectivity index is 2.19. The van der Waals surface area contributed by atoms with E-state index in [1.807, 2.05) is 31.3 Å². The molecule has 0 aliphatic carbocycles. The van der Waals surface area contributed by atoms with Crippen molar-refractivity contribution in [3.05, 3.63) is 35.9 Å². The van der Waals surface area contributed by atoms with Crippen molar-refractivity contribution in [3.8, 4) is 0 Å². The SMILES string of the molecule is CCN=CCCCOC(=O)c1ccccc1. The Morgan fingerprint density at radius 2 is 2.12 bits per heavy atom. The summed E-state index contributed by atoms with van der Waals surface area (Å²) in [6.45, 7) is 3.25. The molecule has 3 heteroatoms. The minimum absolute atomic E-state index is 0.256. The number of hydrogen-bond acceptors (Lipinski definition) is 3. The molecule has 1 rings (SSSR count). The molecule has 0 heterocycles. The molecule has 0 fully saturated rings. The number of unbranched alkanes of at least 4 members (excludes halogenated alkanes) is 1. The molecule has 0 aliphatic rings. The van der Waals surface area contributed by atoms with Gasteiger partial charge in [0.25, 0.3) is 0 Å². The molecule has 0 aliphatic heterocycles. The molecule has 0 saturated heterocycles. The lowest BCUT2D eigenvalue weighted by Gasteiger charge is -2.02. The Labute approximate surface area is 96.2 Å². The largest absolute Gasteiger partial charge is 0.462 e. The van der Waals surface area contributed by atoms with Crippen LogP contribution in [0.2, 0.25) is 0 Å². The highest BCUT2D eigenvalue weighted by Crippen LogP contribution is 2.01. The monoisotopic (exact) mass is 219 g/mol. The molecule has 0 atom stereocenters. The van der Waals surface area contributed by atoms with E-state index in [2.05, 4.69) is 4.99 Å². The lowest BCUT2D eigenvalue weighted by atomic mass is 10.2. The Morgan fingerprint density at radius 3 is 2.81 bits per heavy atom. The van der Waals surface area contributed by atoms with Crippen LogP contribution in [-0.2, 0) is 4.74 Å². The van der Waals surface area contributed by atoms with Crippen LogP contribution in [0.4, 0.5) is 0 Å². The summed E-state index contributed by atoms with van der Waals surface area (Å²) in [6, 6.07) is 9.02. The van der Waals surface area contributed by atoms with E-state index < -0.39 is 0 Å². The standard InChI is InChI=1S/C13H17NO2/c1-2-14-10-6-7-11-16-13(15)12-8-4-3-5-9-12/h3-5,8-10H,2,6-7,11H2,1H3. The number of carbonyl (C=O) groups is 1. The maximum absolute atomic E-state index is 11.5. The van der Waals surface area contributed by atoms with E-state index in [0.717, 1.165) is 19.4 Å². The van der Waals surface area contributed by atoms with E-state index in [-0.39, 0.29) is 5.97 Å². The van der Waals surface area contributed by atoms with Crippen LogP contribution < -0.4 is 0 Å². The van der Waals surface area contributed by atoms with Crippen molar-refractivity contribution in [2.24, 2.45) is 4.99 Å². The summed E-state index contributed by atoms with van der Waals surface area (Å²) in [5.41, 5.74) is 0.602. The zero-order valence-electron chi connectivity index (χ0n) is 9.56. The molecule has 0 saturated carbocycles. The van der Waals surface area contributed by atoms with Crippen molar-refractivity contribution in [1.29, 1.82) is 0 Å². The van der Waals surface area contributed by atoms with Gasteiger partial charge in [-0.05, 0) is 38.1 Å². The van der Waals surface area contributed by atoms with Crippen LogP contribution in [0.5, 0.6) is 0 Å². The fraction of sp³-hybridized carbons (Fsp3) is 0.385. The van der Waals surface area contributed by atoms with E-state index in [9.17, 15) is 4.79 Å². The van der Waals surface area contributed by atoms with E-state index in [0.29, 0.717) is 12.2 Å². The van der Waals surface area contributed by atoms with Gasteiger partial charge in [0.15, 0.2) is 0 Å². The number of esters is 1. The predicted molar refractivity (Wildman–Crippen MR) is 65.0 cm³/mol. The van der Waals surface area contributed by atoms with Gasteiger partial charge in [-0.25, -0.2) is 4.79 Å². The highest BCUT2D eigenvalue weighted by molar-refractivity contribution is 5.89. The fourth-order valence-electron chi connectivity index (χ4n) is 1.22. The molecular weight excluding hydrogens is 202 g/mol. The maximum atomic E-state index is 11.5. The lowest BCUT2D eigenvalue weighted by molar-refractivity contribution is 0.0502. The van der Waals surface area contributed by atoms with Crippen LogP contribution in [0, 0.1) is 0 Å². The first-order valence-corrected chi connectivity index (χ1v) is 5.55. The Kier molecular flexibility index (Phi) is 5.92. The molecule has 1 aromatic rings. The second-order valence-corrected chi connectivity index (χ2v) is 3.33. The van der Waals surface area contributed by atoms with Gasteiger partial charge in [-0.3, -0.25) is 4.99 Å². The van der Waals surface area contributed by atoms with Crippen molar-refractivity contribution in [3.63, 3.8) is 0 Å². The van der Waals surface area contributed by atoms with Crippen LogP contribution in [0.25, 0.3) is 0 Å². The highest BCUT2D eigenvalue weighted by Gasteiger charge is 2.04. The van der Waals surface area contributed by atoms with E-state index in [1.54, 1.807) is 12.1 Å². The Bertz CT molecular complexity index is 333. The number of ether oxygens (including phenoxy) is 1. The molecule has 3 nitrogen and oxygen atoms in total. The summed E-state index contributed by atoms with van der Waals surface area (Å²) in [5, 5.41) is 0. The molecule has 0 amide bonds. The van der Waals surface area contributed by atoms with Crippen LogP contribution in [0.15, 0.2) is 35.3 Å². The molecule has 0 aromatic heterocycles. The van der Waals surface area contributed by atoms with E-state index >= 15 is 0 Å². The highest BCUT2D eigenvalue weighted by atomic mass is 16.5. The Morgan fingerprint density at radius 1 is 1.38 bits per heavy atom. The van der Waals surface area contributed by atoms with Crippen molar-refractivity contribution in [2.45, 2.75) is 19.8 Å². The van der Waals surface area contributed by atoms with Crippen LogP contribution >= 0.6 is 0 Å². The summed E-state index contributed by atoms with van der Waals surface area (Å²) in [5.74, 6) is -0.256. The molecule has 16 heavy (non-hydrogen) atoms. The molecule has 0 N–H and O–H groups in total. The number of carbonyl (C=O) groups excluding carboxylic acids is 1. The fourth-order valence-corrected chi connectivity index (χ4v) is 1.22. The zero-order valence-corrected chi connectivity index (χ0v) is 9.56. The maximum Gasteiger partial charge on any atom is 0.338 e. The van der Waals surface area contributed by atoms with Crippen molar-refractivity contribution < 1.29 is 9.53 Å². The topological polar surface area (TPSA) is 38.7 Å². The summed E-state index contributed by atoms with van der Waals surface area (Å²) in [6.07, 6.45) is 3.55. The molecule has 0 unspecified atom stereocenters. The number of rotatable bonds is 6.